The molecule has 0 unspecified atom stereocenters. The maximum Gasteiger partial charge on any atom is 0.339 e. The van der Waals surface area contributed by atoms with Gasteiger partial charge in [0.1, 0.15) is 0 Å². The molecule has 3 aromatic carbocycles. The van der Waals surface area contributed by atoms with Gasteiger partial charge in [-0.15, -0.1) is 0 Å². The molecule has 0 fully saturated rings. The van der Waals surface area contributed by atoms with E-state index in [4.69, 9.17) is 4.74 Å². The summed E-state index contributed by atoms with van der Waals surface area (Å²) in [5.74, 6) is -1.24. The molecule has 0 saturated heterocycles. The normalized spacial score (nSPS) is 13.4. The smallest absolute Gasteiger partial charge is 0.339 e. The van der Waals surface area contributed by atoms with Crippen molar-refractivity contribution in [1.29, 1.82) is 0 Å². The summed E-state index contributed by atoms with van der Waals surface area (Å²) in [5.41, 5.74) is 2.83. The zero-order valence-corrected chi connectivity index (χ0v) is 16.6. The number of ether oxygens (including phenoxy) is 1. The number of nitrogens with zero attached hydrogens (tertiary/aromatic N) is 1. The van der Waals surface area contributed by atoms with Gasteiger partial charge in [-0.1, -0.05) is 66.7 Å². The van der Waals surface area contributed by atoms with Crippen molar-refractivity contribution in [1.82, 2.24) is 0 Å². The molecule has 1 atom stereocenters. The summed E-state index contributed by atoms with van der Waals surface area (Å²) < 4.78 is 5.47. The fourth-order valence-electron chi connectivity index (χ4n) is 3.67. The average Bonchev–Trinajstić information content (AvgIpc) is 3.22. The highest BCUT2D eigenvalue weighted by Gasteiger charge is 2.30. The molecule has 0 saturated carbocycles. The van der Waals surface area contributed by atoms with Gasteiger partial charge in [0.15, 0.2) is 11.9 Å². The summed E-state index contributed by atoms with van der Waals surface area (Å²) in [4.78, 5) is 40.2. The number of hydrogen-bond acceptors (Lipinski definition) is 4. The molecule has 1 amide bonds. The number of hydrogen-bond donors (Lipinski definition) is 0. The predicted octanol–water partition coefficient (Wildman–Crippen LogP) is 4.05. The number of rotatable bonds is 5. The first-order valence-corrected chi connectivity index (χ1v) is 9.85. The molecule has 30 heavy (non-hydrogen) atoms. The minimum atomic E-state index is -0.969. The van der Waals surface area contributed by atoms with Crippen LogP contribution in [0.2, 0.25) is 0 Å². The van der Waals surface area contributed by atoms with E-state index in [1.807, 2.05) is 30.3 Å². The molecule has 3 aromatic rings. The number of amides is 1. The van der Waals surface area contributed by atoms with E-state index in [9.17, 15) is 14.4 Å². The number of ketones is 1. The molecule has 0 radical (unpaired) electrons. The Kier molecular flexibility index (Phi) is 5.44. The van der Waals surface area contributed by atoms with Gasteiger partial charge in [-0.2, -0.15) is 0 Å². The molecule has 0 spiro atoms. The Labute approximate surface area is 174 Å². The van der Waals surface area contributed by atoms with Gasteiger partial charge in [0, 0.05) is 23.4 Å². The lowest BCUT2D eigenvalue weighted by atomic mass is 9.98. The van der Waals surface area contributed by atoms with E-state index < -0.39 is 12.1 Å². The number of benzene rings is 3. The van der Waals surface area contributed by atoms with Crippen molar-refractivity contribution in [3.05, 3.63) is 101 Å². The van der Waals surface area contributed by atoms with Crippen LogP contribution in [0.15, 0.2) is 78.9 Å². The van der Waals surface area contributed by atoms with E-state index in [0.717, 1.165) is 17.7 Å². The lowest BCUT2D eigenvalue weighted by Crippen LogP contribution is -2.39. The lowest BCUT2D eigenvalue weighted by molar-refractivity contribution is -0.126. The van der Waals surface area contributed by atoms with Crippen molar-refractivity contribution in [3.8, 4) is 0 Å². The van der Waals surface area contributed by atoms with Gasteiger partial charge in [-0.3, -0.25) is 9.59 Å². The molecule has 0 N–H and O–H groups in total. The highest BCUT2D eigenvalue weighted by molar-refractivity contribution is 6.14. The Hall–Kier alpha value is -3.73. The Morgan fingerprint density at radius 1 is 0.833 bits per heavy atom. The molecule has 0 aromatic heterocycles. The van der Waals surface area contributed by atoms with Crippen LogP contribution >= 0.6 is 0 Å². The second kappa shape index (κ2) is 8.33. The van der Waals surface area contributed by atoms with Crippen LogP contribution in [0.5, 0.6) is 0 Å². The van der Waals surface area contributed by atoms with E-state index in [0.29, 0.717) is 12.1 Å². The predicted molar refractivity (Wildman–Crippen MR) is 114 cm³/mol. The largest absolute Gasteiger partial charge is 0.449 e. The molecule has 5 heteroatoms. The zero-order chi connectivity index (χ0) is 21.1. The number of anilines is 1. The van der Waals surface area contributed by atoms with Crippen molar-refractivity contribution in [2.75, 3.05) is 11.4 Å². The molecule has 1 aliphatic heterocycles. The van der Waals surface area contributed by atoms with Crippen LogP contribution < -0.4 is 4.90 Å². The van der Waals surface area contributed by atoms with Crippen LogP contribution in [0.3, 0.4) is 0 Å². The van der Waals surface area contributed by atoms with Gasteiger partial charge in [0.2, 0.25) is 0 Å². The fourth-order valence-corrected chi connectivity index (χ4v) is 3.67. The Balaban J connectivity index is 1.52. The zero-order valence-electron chi connectivity index (χ0n) is 16.6. The van der Waals surface area contributed by atoms with E-state index >= 15 is 0 Å². The van der Waals surface area contributed by atoms with Crippen LogP contribution in [0.25, 0.3) is 0 Å². The summed E-state index contributed by atoms with van der Waals surface area (Å²) in [6.45, 7) is 2.12. The van der Waals surface area contributed by atoms with Crippen molar-refractivity contribution in [2.45, 2.75) is 19.4 Å². The monoisotopic (exact) mass is 399 g/mol. The third-order valence-corrected chi connectivity index (χ3v) is 5.21. The molecule has 4 rings (SSSR count). The maximum absolute atomic E-state index is 12.9. The van der Waals surface area contributed by atoms with Gasteiger partial charge in [0.05, 0.1) is 5.56 Å². The van der Waals surface area contributed by atoms with Crippen LogP contribution in [-0.4, -0.2) is 30.3 Å². The molecular weight excluding hydrogens is 378 g/mol. The Morgan fingerprint density at radius 2 is 1.47 bits per heavy atom. The lowest BCUT2D eigenvalue weighted by Gasteiger charge is -2.22. The Morgan fingerprint density at radius 3 is 2.23 bits per heavy atom. The first kappa shape index (κ1) is 19.6. The molecular formula is C25H21NO4. The topological polar surface area (TPSA) is 63.7 Å². The first-order valence-electron chi connectivity index (χ1n) is 9.85. The van der Waals surface area contributed by atoms with E-state index in [1.165, 1.54) is 0 Å². The third-order valence-electron chi connectivity index (χ3n) is 5.21. The summed E-state index contributed by atoms with van der Waals surface area (Å²) in [7, 11) is 0. The first-order chi connectivity index (χ1) is 14.6. The number of para-hydroxylation sites is 1. The molecule has 5 nitrogen and oxygen atoms in total. The maximum atomic E-state index is 12.9. The summed E-state index contributed by atoms with van der Waals surface area (Å²) in [6, 6.07) is 23.0. The standard InChI is InChI=1S/C25H21NO4/c1-17(24(28)26-16-15-18-9-5-8-14-22(18)26)30-25(29)21-13-7-6-12-20(21)23(27)19-10-3-2-4-11-19/h2-14,17H,15-16H2,1H3/t17-/m1/s1. The fraction of sp³-hybridized carbons (Fsp3) is 0.160. The summed E-state index contributed by atoms with van der Waals surface area (Å²) in [5, 5.41) is 0. The van der Waals surface area contributed by atoms with Crippen molar-refractivity contribution in [3.63, 3.8) is 0 Å². The van der Waals surface area contributed by atoms with Crippen molar-refractivity contribution in [2.24, 2.45) is 0 Å². The van der Waals surface area contributed by atoms with E-state index in [2.05, 4.69) is 0 Å². The minimum absolute atomic E-state index is 0.146. The molecule has 0 bridgehead atoms. The highest BCUT2D eigenvalue weighted by Crippen LogP contribution is 2.28. The van der Waals surface area contributed by atoms with Gasteiger partial charge in [0.25, 0.3) is 5.91 Å². The van der Waals surface area contributed by atoms with Crippen molar-refractivity contribution >= 4 is 23.3 Å². The number of carbonyl (C=O) groups excluding carboxylic acids is 3. The second-order valence-corrected chi connectivity index (χ2v) is 7.16. The summed E-state index contributed by atoms with van der Waals surface area (Å²) >= 11 is 0. The quantitative estimate of drug-likeness (QED) is 0.480. The van der Waals surface area contributed by atoms with E-state index in [1.54, 1.807) is 60.4 Å². The van der Waals surface area contributed by atoms with Gasteiger partial charge in [-0.05, 0) is 31.0 Å². The third kappa shape index (κ3) is 3.74. The van der Waals surface area contributed by atoms with Crippen LogP contribution in [-0.2, 0) is 16.0 Å². The molecule has 0 aliphatic carbocycles. The van der Waals surface area contributed by atoms with Crippen LogP contribution in [0.1, 0.15) is 38.8 Å². The number of carbonyl (C=O) groups is 3. The Bertz CT molecular complexity index is 1110. The van der Waals surface area contributed by atoms with Crippen LogP contribution in [0, 0.1) is 0 Å². The summed E-state index contributed by atoms with van der Waals surface area (Å²) in [6.07, 6.45) is -0.194. The minimum Gasteiger partial charge on any atom is -0.449 e. The van der Waals surface area contributed by atoms with Gasteiger partial charge in [-0.25, -0.2) is 4.79 Å². The second-order valence-electron chi connectivity index (χ2n) is 7.16. The van der Waals surface area contributed by atoms with Crippen LogP contribution in [0.4, 0.5) is 5.69 Å². The van der Waals surface area contributed by atoms with Gasteiger partial charge < -0.3 is 9.64 Å². The molecule has 1 aliphatic rings. The van der Waals surface area contributed by atoms with Crippen molar-refractivity contribution < 1.29 is 19.1 Å². The highest BCUT2D eigenvalue weighted by atomic mass is 16.5. The number of esters is 1. The SMILES string of the molecule is C[C@@H](OC(=O)c1ccccc1C(=O)c1ccccc1)C(=O)N1CCc2ccccc21. The molecule has 150 valence electrons. The van der Waals surface area contributed by atoms with E-state index in [-0.39, 0.29) is 22.8 Å². The number of fused-ring (bicyclic) bond motifs is 1. The average molecular weight is 399 g/mol. The molecule has 1 heterocycles. The van der Waals surface area contributed by atoms with Gasteiger partial charge >= 0.3 is 5.97 Å².